The minimum atomic E-state index is -0.0876. The van der Waals surface area contributed by atoms with Crippen LogP contribution in [-0.4, -0.2) is 75.4 Å². The molecule has 0 atom stereocenters. The molecule has 5 heteroatoms. The van der Waals surface area contributed by atoms with Crippen LogP contribution in [-0.2, 0) is 14.3 Å². The van der Waals surface area contributed by atoms with Crippen molar-refractivity contribution in [1.82, 2.24) is 9.80 Å². The van der Waals surface area contributed by atoms with Crippen LogP contribution < -0.4 is 0 Å². The molecule has 5 nitrogen and oxygen atoms in total. The number of hydrogen-bond donors (Lipinski definition) is 0. The van der Waals surface area contributed by atoms with E-state index in [9.17, 15) is 4.79 Å². The van der Waals surface area contributed by atoms with Gasteiger partial charge in [-0.2, -0.15) is 0 Å². The van der Waals surface area contributed by atoms with Crippen molar-refractivity contribution in [2.75, 3.05) is 59.6 Å². The van der Waals surface area contributed by atoms with E-state index >= 15 is 0 Å². The lowest BCUT2D eigenvalue weighted by molar-refractivity contribution is -0.140. The van der Waals surface area contributed by atoms with Crippen molar-refractivity contribution >= 4 is 5.97 Å². The average molecular weight is 298 g/mol. The maximum absolute atomic E-state index is 11.1. The van der Waals surface area contributed by atoms with E-state index in [1.54, 1.807) is 0 Å². The third-order valence-electron chi connectivity index (χ3n) is 4.75. The van der Waals surface area contributed by atoms with Gasteiger partial charge < -0.3 is 14.4 Å². The quantitative estimate of drug-likeness (QED) is 0.664. The van der Waals surface area contributed by atoms with Crippen LogP contribution in [0, 0.1) is 5.92 Å². The van der Waals surface area contributed by atoms with Gasteiger partial charge in [0.2, 0.25) is 0 Å². The molecule has 0 bridgehead atoms. The van der Waals surface area contributed by atoms with Gasteiger partial charge in [-0.05, 0) is 57.8 Å². The molecule has 2 saturated heterocycles. The second-order valence-corrected chi connectivity index (χ2v) is 6.21. The number of ether oxygens (including phenoxy) is 2. The van der Waals surface area contributed by atoms with E-state index < -0.39 is 0 Å². The highest BCUT2D eigenvalue weighted by molar-refractivity contribution is 5.69. The smallest absolute Gasteiger partial charge is 0.305 e. The van der Waals surface area contributed by atoms with Crippen molar-refractivity contribution in [1.29, 1.82) is 0 Å². The highest BCUT2D eigenvalue weighted by Gasteiger charge is 2.20. The zero-order chi connectivity index (χ0) is 14.9. The lowest BCUT2D eigenvalue weighted by Crippen LogP contribution is -2.39. The largest absolute Gasteiger partial charge is 0.469 e. The van der Waals surface area contributed by atoms with Crippen molar-refractivity contribution in [3.63, 3.8) is 0 Å². The Labute approximate surface area is 128 Å². The molecule has 2 rings (SSSR count). The summed E-state index contributed by atoms with van der Waals surface area (Å²) in [6, 6.07) is 0. The van der Waals surface area contributed by atoms with E-state index in [1.165, 1.54) is 46.0 Å². The number of esters is 1. The number of hydrogen-bond acceptors (Lipinski definition) is 5. The van der Waals surface area contributed by atoms with Crippen LogP contribution in [0.15, 0.2) is 0 Å². The number of carbonyl (C=O) groups is 1. The summed E-state index contributed by atoms with van der Waals surface area (Å²) >= 11 is 0. The van der Waals surface area contributed by atoms with Crippen molar-refractivity contribution in [3.05, 3.63) is 0 Å². The summed E-state index contributed by atoms with van der Waals surface area (Å²) in [7, 11) is 1.46. The zero-order valence-corrected chi connectivity index (χ0v) is 13.4. The molecule has 2 heterocycles. The maximum atomic E-state index is 11.1. The molecule has 0 aromatic rings. The van der Waals surface area contributed by atoms with Crippen molar-refractivity contribution in [2.45, 2.75) is 32.1 Å². The molecule has 2 aliphatic heterocycles. The van der Waals surface area contributed by atoms with Crippen LogP contribution in [0.5, 0.6) is 0 Å². The molecule has 0 aromatic heterocycles. The summed E-state index contributed by atoms with van der Waals surface area (Å²) in [6.07, 6.45) is 5.42. The first kappa shape index (κ1) is 16.7. The standard InChI is InChI=1S/C16H30N2O3/c1-20-16(19)3-2-7-17-8-4-15(5-9-17)6-10-18-11-13-21-14-12-18/h15H,2-14H2,1H3. The van der Waals surface area contributed by atoms with E-state index in [-0.39, 0.29) is 5.97 Å². The van der Waals surface area contributed by atoms with Gasteiger partial charge in [0.05, 0.1) is 20.3 Å². The molecule has 2 aliphatic rings. The molecule has 0 amide bonds. The van der Waals surface area contributed by atoms with Crippen LogP contribution in [0.1, 0.15) is 32.1 Å². The van der Waals surface area contributed by atoms with E-state index in [2.05, 4.69) is 14.5 Å². The summed E-state index contributed by atoms with van der Waals surface area (Å²) < 4.78 is 10.1. The predicted molar refractivity (Wildman–Crippen MR) is 82.3 cm³/mol. The number of rotatable bonds is 7. The van der Waals surface area contributed by atoms with E-state index in [1.807, 2.05) is 0 Å². The number of piperidine rings is 1. The number of carbonyl (C=O) groups excluding carboxylic acids is 1. The van der Waals surface area contributed by atoms with Gasteiger partial charge in [-0.1, -0.05) is 0 Å². The first-order valence-electron chi connectivity index (χ1n) is 8.37. The van der Waals surface area contributed by atoms with Crippen LogP contribution in [0.25, 0.3) is 0 Å². The molecular weight excluding hydrogens is 268 g/mol. The highest BCUT2D eigenvalue weighted by atomic mass is 16.5. The maximum Gasteiger partial charge on any atom is 0.305 e. The number of nitrogens with zero attached hydrogens (tertiary/aromatic N) is 2. The number of morpholine rings is 1. The molecule has 0 saturated carbocycles. The van der Waals surface area contributed by atoms with Crippen LogP contribution in [0.3, 0.4) is 0 Å². The van der Waals surface area contributed by atoms with Crippen LogP contribution >= 0.6 is 0 Å². The molecule has 0 unspecified atom stereocenters. The zero-order valence-electron chi connectivity index (χ0n) is 13.4. The highest BCUT2D eigenvalue weighted by Crippen LogP contribution is 2.21. The monoisotopic (exact) mass is 298 g/mol. The number of likely N-dealkylation sites (tertiary alicyclic amines) is 1. The Hall–Kier alpha value is -0.650. The van der Waals surface area contributed by atoms with Gasteiger partial charge in [-0.25, -0.2) is 0 Å². The van der Waals surface area contributed by atoms with E-state index in [4.69, 9.17) is 4.74 Å². The van der Waals surface area contributed by atoms with Gasteiger partial charge in [0.15, 0.2) is 0 Å². The number of methoxy groups -OCH3 is 1. The van der Waals surface area contributed by atoms with Crippen molar-refractivity contribution in [3.8, 4) is 0 Å². The molecule has 0 aromatic carbocycles. The molecule has 2 fully saturated rings. The summed E-state index contributed by atoms with van der Waals surface area (Å²) in [6.45, 7) is 8.65. The first-order valence-corrected chi connectivity index (χ1v) is 8.37. The predicted octanol–water partition coefficient (Wildman–Crippen LogP) is 1.37. The Kier molecular flexibility index (Phi) is 7.47. The fourth-order valence-corrected chi connectivity index (χ4v) is 3.24. The SMILES string of the molecule is COC(=O)CCCN1CCC(CCN2CCOCC2)CC1. The fourth-order valence-electron chi connectivity index (χ4n) is 3.24. The van der Waals surface area contributed by atoms with Crippen LogP contribution in [0.2, 0.25) is 0 Å². The van der Waals surface area contributed by atoms with Gasteiger partial charge in [0, 0.05) is 19.5 Å². The Morgan fingerprint density at radius 3 is 2.43 bits per heavy atom. The lowest BCUT2D eigenvalue weighted by Gasteiger charge is -2.33. The van der Waals surface area contributed by atoms with Gasteiger partial charge >= 0.3 is 5.97 Å². The Balaban J connectivity index is 1.52. The summed E-state index contributed by atoms with van der Waals surface area (Å²) in [5.74, 6) is 0.792. The third-order valence-corrected chi connectivity index (χ3v) is 4.75. The summed E-state index contributed by atoms with van der Waals surface area (Å²) in [5, 5.41) is 0. The fraction of sp³-hybridized carbons (Fsp3) is 0.938. The minimum absolute atomic E-state index is 0.0876. The van der Waals surface area contributed by atoms with E-state index in [0.717, 1.165) is 45.2 Å². The van der Waals surface area contributed by atoms with Gasteiger partial charge in [0.25, 0.3) is 0 Å². The average Bonchev–Trinajstić information content (AvgIpc) is 2.55. The summed E-state index contributed by atoms with van der Waals surface area (Å²) in [5.41, 5.74) is 0. The van der Waals surface area contributed by atoms with Gasteiger partial charge in [-0.3, -0.25) is 9.69 Å². The second kappa shape index (κ2) is 9.38. The van der Waals surface area contributed by atoms with E-state index in [0.29, 0.717) is 6.42 Å². The van der Waals surface area contributed by atoms with Gasteiger partial charge in [0.1, 0.15) is 0 Å². The normalized spacial score (nSPS) is 22.3. The molecule has 122 valence electrons. The molecule has 0 N–H and O–H groups in total. The molecule has 21 heavy (non-hydrogen) atoms. The third kappa shape index (κ3) is 6.32. The molecule has 0 spiro atoms. The minimum Gasteiger partial charge on any atom is -0.469 e. The Bertz CT molecular complexity index is 298. The molecule has 0 radical (unpaired) electrons. The lowest BCUT2D eigenvalue weighted by atomic mass is 9.93. The summed E-state index contributed by atoms with van der Waals surface area (Å²) in [4.78, 5) is 16.1. The van der Waals surface area contributed by atoms with Crippen LogP contribution in [0.4, 0.5) is 0 Å². The van der Waals surface area contributed by atoms with Crippen molar-refractivity contribution < 1.29 is 14.3 Å². The van der Waals surface area contributed by atoms with Crippen molar-refractivity contribution in [2.24, 2.45) is 5.92 Å². The molecular formula is C16H30N2O3. The first-order chi connectivity index (χ1) is 10.3. The Morgan fingerprint density at radius 1 is 1.10 bits per heavy atom. The molecule has 0 aliphatic carbocycles. The van der Waals surface area contributed by atoms with Gasteiger partial charge in [-0.15, -0.1) is 0 Å². The second-order valence-electron chi connectivity index (χ2n) is 6.21. The Morgan fingerprint density at radius 2 is 1.76 bits per heavy atom. The topological polar surface area (TPSA) is 42.0 Å².